The van der Waals surface area contributed by atoms with Crippen LogP contribution in [0.3, 0.4) is 0 Å². The highest BCUT2D eigenvalue weighted by molar-refractivity contribution is 9.09. The average Bonchev–Trinajstić information content (AvgIpc) is 2.42. The van der Waals surface area contributed by atoms with Crippen molar-refractivity contribution in [2.75, 3.05) is 20.8 Å². The molecule has 0 aliphatic rings. The summed E-state index contributed by atoms with van der Waals surface area (Å²) in [5.74, 6) is 0.498. The molecule has 0 heterocycles. The van der Waals surface area contributed by atoms with Crippen molar-refractivity contribution < 1.29 is 19.0 Å². The fourth-order valence-electron chi connectivity index (χ4n) is 1.37. The highest BCUT2D eigenvalue weighted by atomic mass is 79.9. The Balaban J connectivity index is 2.81. The van der Waals surface area contributed by atoms with Crippen molar-refractivity contribution in [2.45, 2.75) is 8.62 Å². The predicted molar refractivity (Wildman–Crippen MR) is 82.5 cm³/mol. The van der Waals surface area contributed by atoms with Gasteiger partial charge in [-0.2, -0.15) is 0 Å². The maximum absolute atomic E-state index is 11.8. The summed E-state index contributed by atoms with van der Waals surface area (Å²) in [6.07, 6.45) is 0. The highest BCUT2D eigenvalue weighted by Crippen LogP contribution is 2.34. The van der Waals surface area contributed by atoms with Gasteiger partial charge in [0.25, 0.3) is 0 Å². The van der Waals surface area contributed by atoms with E-state index in [1.54, 1.807) is 18.2 Å². The van der Waals surface area contributed by atoms with Gasteiger partial charge in [0.15, 0.2) is 11.5 Å². The van der Waals surface area contributed by atoms with Gasteiger partial charge in [-0.25, -0.2) is 0 Å². The lowest BCUT2D eigenvalue weighted by Gasteiger charge is -2.15. The molecule has 20 heavy (non-hydrogen) atoms. The molecule has 0 saturated heterocycles. The first-order chi connectivity index (χ1) is 9.28. The van der Waals surface area contributed by atoms with Crippen molar-refractivity contribution in [3.05, 3.63) is 23.8 Å². The first-order valence-electron chi connectivity index (χ1n) is 5.38. The van der Waals surface area contributed by atoms with Crippen molar-refractivity contribution in [1.82, 2.24) is 0 Å². The van der Waals surface area contributed by atoms with E-state index in [-0.39, 0.29) is 6.61 Å². The zero-order chi connectivity index (χ0) is 15.3. The number of methoxy groups -OCH3 is 2. The van der Waals surface area contributed by atoms with E-state index in [9.17, 15) is 4.79 Å². The smallest absolute Gasteiger partial charge is 0.324 e. The molecule has 0 aliphatic heterocycles. The standard InChI is InChI=1S/C12H12BrCl3O4/c1-18-8-4-3-7(5-9(8)19-2)10(13)11(17)20-6-12(14,15)16/h3-5,10H,6H2,1-2H3. The molecule has 1 unspecified atom stereocenters. The van der Waals surface area contributed by atoms with Crippen molar-refractivity contribution in [3.63, 3.8) is 0 Å². The van der Waals surface area contributed by atoms with Gasteiger partial charge >= 0.3 is 5.97 Å². The SMILES string of the molecule is COc1ccc(C(Br)C(=O)OCC(Cl)(Cl)Cl)cc1OC. The summed E-state index contributed by atoms with van der Waals surface area (Å²) in [5.41, 5.74) is 0.636. The number of benzene rings is 1. The molecule has 1 aromatic carbocycles. The van der Waals surface area contributed by atoms with Gasteiger partial charge in [0.2, 0.25) is 3.79 Å². The number of carbonyl (C=O) groups is 1. The van der Waals surface area contributed by atoms with E-state index in [2.05, 4.69) is 15.9 Å². The summed E-state index contributed by atoms with van der Waals surface area (Å²) < 4.78 is 13.5. The molecule has 112 valence electrons. The quantitative estimate of drug-likeness (QED) is 0.547. The Labute approximate surface area is 140 Å². The van der Waals surface area contributed by atoms with Crippen LogP contribution in [0.5, 0.6) is 11.5 Å². The van der Waals surface area contributed by atoms with Crippen molar-refractivity contribution >= 4 is 56.7 Å². The molecule has 0 N–H and O–H groups in total. The van der Waals surface area contributed by atoms with E-state index in [1.165, 1.54) is 14.2 Å². The average molecular weight is 406 g/mol. The Hall–Kier alpha value is -0.360. The molecule has 0 amide bonds. The topological polar surface area (TPSA) is 44.8 Å². The first kappa shape index (κ1) is 17.7. The summed E-state index contributed by atoms with van der Waals surface area (Å²) >= 11 is 19.8. The third-order valence-electron chi connectivity index (χ3n) is 2.29. The number of hydrogen-bond acceptors (Lipinski definition) is 4. The van der Waals surface area contributed by atoms with Crippen molar-refractivity contribution in [2.24, 2.45) is 0 Å². The molecule has 1 aromatic rings. The summed E-state index contributed by atoms with van der Waals surface area (Å²) in [6, 6.07) is 5.05. The molecule has 1 atom stereocenters. The molecule has 1 rings (SSSR count). The maximum atomic E-state index is 11.8. The van der Waals surface area contributed by atoms with Gasteiger partial charge in [0, 0.05) is 0 Å². The van der Waals surface area contributed by atoms with Gasteiger partial charge < -0.3 is 14.2 Å². The van der Waals surface area contributed by atoms with Crippen LogP contribution in [0.4, 0.5) is 0 Å². The molecule has 0 bridgehead atoms. The van der Waals surface area contributed by atoms with Crippen LogP contribution in [0.15, 0.2) is 18.2 Å². The monoisotopic (exact) mass is 404 g/mol. The molecular formula is C12H12BrCl3O4. The number of hydrogen-bond donors (Lipinski definition) is 0. The molecule has 0 saturated carbocycles. The molecule has 0 radical (unpaired) electrons. The third kappa shape index (κ3) is 5.20. The predicted octanol–water partition coefficient (Wildman–Crippen LogP) is 4.05. The van der Waals surface area contributed by atoms with E-state index < -0.39 is 14.6 Å². The third-order valence-corrected chi connectivity index (χ3v) is 3.52. The highest BCUT2D eigenvalue weighted by Gasteiger charge is 2.26. The largest absolute Gasteiger partial charge is 0.493 e. The molecule has 8 heteroatoms. The number of alkyl halides is 4. The van der Waals surface area contributed by atoms with Gasteiger partial charge in [0.05, 0.1) is 14.2 Å². The lowest BCUT2D eigenvalue weighted by Crippen LogP contribution is -2.19. The van der Waals surface area contributed by atoms with Gasteiger partial charge in [-0.05, 0) is 17.7 Å². The zero-order valence-corrected chi connectivity index (χ0v) is 14.5. The normalized spacial score (nSPS) is 12.7. The first-order valence-corrected chi connectivity index (χ1v) is 7.43. The Morgan fingerprint density at radius 3 is 2.35 bits per heavy atom. The van der Waals surface area contributed by atoms with E-state index in [0.717, 1.165) is 0 Å². The molecule has 0 aliphatic carbocycles. The minimum Gasteiger partial charge on any atom is -0.493 e. The Morgan fingerprint density at radius 2 is 1.85 bits per heavy atom. The summed E-state index contributed by atoms with van der Waals surface area (Å²) in [4.78, 5) is 11.1. The fourth-order valence-corrected chi connectivity index (χ4v) is 1.95. The van der Waals surface area contributed by atoms with E-state index >= 15 is 0 Å². The van der Waals surface area contributed by atoms with Crippen LogP contribution in [0.25, 0.3) is 0 Å². The van der Waals surface area contributed by atoms with Crippen LogP contribution < -0.4 is 9.47 Å². The van der Waals surface area contributed by atoms with Crippen LogP contribution in [-0.2, 0) is 9.53 Å². The number of ether oxygens (including phenoxy) is 3. The summed E-state index contributed by atoms with van der Waals surface area (Å²) in [5, 5.41) is 0. The molecular weight excluding hydrogens is 394 g/mol. The zero-order valence-electron chi connectivity index (χ0n) is 10.7. The Kier molecular flexibility index (Phi) is 6.72. The van der Waals surface area contributed by atoms with Crippen molar-refractivity contribution in [3.8, 4) is 11.5 Å². The van der Waals surface area contributed by atoms with Crippen molar-refractivity contribution in [1.29, 1.82) is 0 Å². The Bertz CT molecular complexity index is 476. The second-order valence-corrected chi connectivity index (χ2v) is 7.13. The summed E-state index contributed by atoms with van der Waals surface area (Å²) in [7, 11) is 3.03. The molecule has 0 fully saturated rings. The van der Waals surface area contributed by atoms with Gasteiger partial charge in [0.1, 0.15) is 11.4 Å². The second-order valence-electron chi connectivity index (χ2n) is 3.70. The molecule has 0 aromatic heterocycles. The number of rotatable bonds is 5. The van der Waals surface area contributed by atoms with Crippen LogP contribution >= 0.6 is 50.7 Å². The minimum absolute atomic E-state index is 0.327. The van der Waals surface area contributed by atoms with Gasteiger partial charge in [-0.3, -0.25) is 4.79 Å². The Morgan fingerprint density at radius 1 is 1.25 bits per heavy atom. The van der Waals surface area contributed by atoms with Crippen LogP contribution in [0, 0.1) is 0 Å². The lowest BCUT2D eigenvalue weighted by atomic mass is 10.1. The molecule has 0 spiro atoms. The van der Waals surface area contributed by atoms with Gasteiger partial charge in [-0.1, -0.05) is 56.8 Å². The number of halogens is 4. The van der Waals surface area contributed by atoms with E-state index in [0.29, 0.717) is 17.1 Å². The van der Waals surface area contributed by atoms with Crippen LogP contribution in [-0.4, -0.2) is 30.6 Å². The summed E-state index contributed by atoms with van der Waals surface area (Å²) in [6.45, 7) is -0.327. The second kappa shape index (κ2) is 7.59. The molecule has 4 nitrogen and oxygen atoms in total. The number of esters is 1. The minimum atomic E-state index is -1.64. The maximum Gasteiger partial charge on any atom is 0.324 e. The number of carbonyl (C=O) groups excluding carboxylic acids is 1. The van der Waals surface area contributed by atoms with Crippen LogP contribution in [0.1, 0.15) is 10.4 Å². The van der Waals surface area contributed by atoms with Gasteiger partial charge in [-0.15, -0.1) is 0 Å². The van der Waals surface area contributed by atoms with E-state index in [1.807, 2.05) is 0 Å². The van der Waals surface area contributed by atoms with E-state index in [4.69, 9.17) is 49.0 Å². The fraction of sp³-hybridized carbons (Fsp3) is 0.417. The lowest BCUT2D eigenvalue weighted by molar-refractivity contribution is -0.142. The van der Waals surface area contributed by atoms with Crippen LogP contribution in [0.2, 0.25) is 0 Å².